The van der Waals surface area contributed by atoms with E-state index in [9.17, 15) is 19.7 Å². The number of carbonyl (C=O) groups is 2. The second-order valence-electron chi connectivity index (χ2n) is 4.77. The fourth-order valence-electron chi connectivity index (χ4n) is 2.26. The maximum absolute atomic E-state index is 11.8. The van der Waals surface area contributed by atoms with Crippen molar-refractivity contribution in [3.05, 3.63) is 33.4 Å². The van der Waals surface area contributed by atoms with Gasteiger partial charge in [0.2, 0.25) is 5.91 Å². The number of hydrogen-bond acceptors (Lipinski definition) is 5. The molecule has 1 aromatic rings. The number of amides is 1. The van der Waals surface area contributed by atoms with E-state index in [4.69, 9.17) is 0 Å². The Kier molecular flexibility index (Phi) is 3.44. The minimum absolute atomic E-state index is 0.163. The van der Waals surface area contributed by atoms with E-state index in [1.807, 2.05) is 6.92 Å². The van der Waals surface area contributed by atoms with Gasteiger partial charge in [0, 0.05) is 17.7 Å². The van der Waals surface area contributed by atoms with Crippen LogP contribution in [0.5, 0.6) is 0 Å². The third-order valence-electron chi connectivity index (χ3n) is 3.68. The van der Waals surface area contributed by atoms with Gasteiger partial charge in [-0.25, -0.2) is 4.79 Å². The van der Waals surface area contributed by atoms with E-state index < -0.39 is 10.9 Å². The van der Waals surface area contributed by atoms with Crippen LogP contribution in [0.25, 0.3) is 0 Å². The molecule has 0 saturated heterocycles. The van der Waals surface area contributed by atoms with Crippen LogP contribution in [0.1, 0.15) is 35.7 Å². The highest BCUT2D eigenvalue weighted by atomic mass is 16.6. The molecule has 0 aliphatic carbocycles. The first kappa shape index (κ1) is 14.0. The molecular formula is C13H14N2O5. The molecule has 1 aromatic carbocycles. The Morgan fingerprint density at radius 1 is 1.35 bits per heavy atom. The summed E-state index contributed by atoms with van der Waals surface area (Å²) in [4.78, 5) is 33.9. The van der Waals surface area contributed by atoms with Gasteiger partial charge in [0.1, 0.15) is 5.56 Å². The number of fused-ring (bicyclic) bond motifs is 1. The molecule has 1 N–H and O–H groups in total. The van der Waals surface area contributed by atoms with Gasteiger partial charge in [0.25, 0.3) is 5.69 Å². The molecule has 20 heavy (non-hydrogen) atoms. The quantitative estimate of drug-likeness (QED) is 0.507. The summed E-state index contributed by atoms with van der Waals surface area (Å²) in [6.07, 6.45) is 0. The van der Waals surface area contributed by atoms with E-state index >= 15 is 0 Å². The molecule has 7 nitrogen and oxygen atoms in total. The molecule has 2 unspecified atom stereocenters. The van der Waals surface area contributed by atoms with Gasteiger partial charge in [0.15, 0.2) is 0 Å². The zero-order valence-corrected chi connectivity index (χ0v) is 11.3. The second-order valence-corrected chi connectivity index (χ2v) is 4.77. The van der Waals surface area contributed by atoms with Crippen molar-refractivity contribution >= 4 is 23.3 Å². The third kappa shape index (κ3) is 2.11. The van der Waals surface area contributed by atoms with E-state index in [0.717, 1.165) is 7.11 Å². The molecule has 1 heterocycles. The van der Waals surface area contributed by atoms with Crippen LogP contribution in [0.2, 0.25) is 0 Å². The molecule has 2 rings (SSSR count). The normalized spacial score (nSPS) is 20.9. The van der Waals surface area contributed by atoms with Gasteiger partial charge in [-0.1, -0.05) is 13.8 Å². The van der Waals surface area contributed by atoms with E-state index in [2.05, 4.69) is 10.1 Å². The lowest BCUT2D eigenvalue weighted by Gasteiger charge is -2.28. The van der Waals surface area contributed by atoms with E-state index in [1.54, 1.807) is 6.92 Å². The number of ether oxygens (including phenoxy) is 1. The van der Waals surface area contributed by atoms with Crippen molar-refractivity contribution in [2.75, 3.05) is 12.4 Å². The highest BCUT2D eigenvalue weighted by molar-refractivity contribution is 6.00. The van der Waals surface area contributed by atoms with Crippen LogP contribution < -0.4 is 5.32 Å². The maximum atomic E-state index is 11.8. The number of nitro benzene ring substituents is 1. The number of anilines is 1. The van der Waals surface area contributed by atoms with Crippen LogP contribution in [-0.4, -0.2) is 23.9 Å². The average Bonchev–Trinajstić information content (AvgIpc) is 2.42. The van der Waals surface area contributed by atoms with Gasteiger partial charge in [-0.3, -0.25) is 14.9 Å². The van der Waals surface area contributed by atoms with Crippen LogP contribution in [-0.2, 0) is 9.53 Å². The zero-order valence-electron chi connectivity index (χ0n) is 11.3. The Morgan fingerprint density at radius 2 is 2.00 bits per heavy atom. The molecule has 0 bridgehead atoms. The monoisotopic (exact) mass is 278 g/mol. The van der Waals surface area contributed by atoms with Crippen molar-refractivity contribution in [2.45, 2.75) is 19.8 Å². The summed E-state index contributed by atoms with van der Waals surface area (Å²) in [5, 5.41) is 13.7. The summed E-state index contributed by atoms with van der Waals surface area (Å²) < 4.78 is 4.54. The van der Waals surface area contributed by atoms with Crippen LogP contribution in [0, 0.1) is 16.0 Å². The van der Waals surface area contributed by atoms with Gasteiger partial charge in [-0.2, -0.15) is 0 Å². The third-order valence-corrected chi connectivity index (χ3v) is 3.68. The summed E-state index contributed by atoms with van der Waals surface area (Å²) >= 11 is 0. The standard InChI is InChI=1S/C13H14N2O5/c1-6-7(2)12(16)14-10-4-9(13(17)20-3)11(15(18)19)5-8(6)10/h4-7H,1-3H3,(H,14,16). The van der Waals surface area contributed by atoms with Gasteiger partial charge < -0.3 is 10.1 Å². The van der Waals surface area contributed by atoms with Crippen molar-refractivity contribution in [1.82, 2.24) is 0 Å². The molecule has 0 aromatic heterocycles. The predicted octanol–water partition coefficient (Wildman–Crippen LogP) is 2.07. The molecule has 0 saturated carbocycles. The number of esters is 1. The lowest BCUT2D eigenvalue weighted by Crippen LogP contribution is -2.30. The molecule has 0 fully saturated rings. The minimum atomic E-state index is -0.806. The zero-order chi connectivity index (χ0) is 15.0. The number of rotatable bonds is 2. The van der Waals surface area contributed by atoms with Crippen molar-refractivity contribution in [2.24, 2.45) is 5.92 Å². The molecule has 1 aliphatic heterocycles. The first-order valence-corrected chi connectivity index (χ1v) is 6.08. The maximum Gasteiger partial charge on any atom is 0.344 e. The van der Waals surface area contributed by atoms with Gasteiger partial charge in [0.05, 0.1) is 12.0 Å². The lowest BCUT2D eigenvalue weighted by atomic mass is 9.83. The Bertz CT molecular complexity index is 611. The number of methoxy groups -OCH3 is 1. The summed E-state index contributed by atoms with van der Waals surface area (Å²) in [5.41, 5.74) is 0.590. The Morgan fingerprint density at radius 3 is 2.55 bits per heavy atom. The van der Waals surface area contributed by atoms with E-state index in [-0.39, 0.29) is 29.0 Å². The number of benzene rings is 1. The van der Waals surface area contributed by atoms with Crippen molar-refractivity contribution in [3.63, 3.8) is 0 Å². The molecule has 2 atom stereocenters. The van der Waals surface area contributed by atoms with Crippen LogP contribution in [0.3, 0.4) is 0 Å². The molecule has 7 heteroatoms. The van der Waals surface area contributed by atoms with Gasteiger partial charge in [-0.15, -0.1) is 0 Å². The van der Waals surface area contributed by atoms with Crippen LogP contribution in [0.4, 0.5) is 11.4 Å². The van der Waals surface area contributed by atoms with Crippen molar-refractivity contribution < 1.29 is 19.2 Å². The van der Waals surface area contributed by atoms with E-state index in [0.29, 0.717) is 11.3 Å². The minimum Gasteiger partial charge on any atom is -0.465 e. The molecule has 1 aliphatic rings. The summed E-state index contributed by atoms with van der Waals surface area (Å²) in [7, 11) is 1.15. The smallest absolute Gasteiger partial charge is 0.344 e. The van der Waals surface area contributed by atoms with E-state index in [1.165, 1.54) is 12.1 Å². The largest absolute Gasteiger partial charge is 0.465 e. The summed E-state index contributed by atoms with van der Waals surface area (Å²) in [5.74, 6) is -1.43. The summed E-state index contributed by atoms with van der Waals surface area (Å²) in [6.45, 7) is 3.58. The first-order valence-electron chi connectivity index (χ1n) is 6.08. The first-order chi connectivity index (χ1) is 9.36. The number of carbonyl (C=O) groups excluding carboxylic acids is 2. The Hall–Kier alpha value is -2.44. The predicted molar refractivity (Wildman–Crippen MR) is 70.6 cm³/mol. The molecule has 106 valence electrons. The second kappa shape index (κ2) is 4.92. The van der Waals surface area contributed by atoms with Gasteiger partial charge >= 0.3 is 5.97 Å². The SMILES string of the molecule is COC(=O)c1cc2c(cc1[N+](=O)[O-])C(C)C(C)C(=O)N2. The molecule has 0 radical (unpaired) electrons. The number of nitrogens with zero attached hydrogens (tertiary/aromatic N) is 1. The molecule has 0 spiro atoms. The molecular weight excluding hydrogens is 264 g/mol. The van der Waals surface area contributed by atoms with Crippen molar-refractivity contribution in [1.29, 1.82) is 0 Å². The number of nitrogens with one attached hydrogen (secondary N) is 1. The highest BCUT2D eigenvalue weighted by Crippen LogP contribution is 2.39. The molecule has 1 amide bonds. The summed E-state index contributed by atoms with van der Waals surface area (Å²) in [6, 6.07) is 2.64. The van der Waals surface area contributed by atoms with Crippen molar-refractivity contribution in [3.8, 4) is 0 Å². The lowest BCUT2D eigenvalue weighted by molar-refractivity contribution is -0.385. The van der Waals surface area contributed by atoms with Gasteiger partial charge in [-0.05, 0) is 17.5 Å². The highest BCUT2D eigenvalue weighted by Gasteiger charge is 2.33. The average molecular weight is 278 g/mol. The Balaban J connectivity index is 2.64. The Labute approximate surface area is 115 Å². The fourth-order valence-corrected chi connectivity index (χ4v) is 2.26. The number of nitro groups is 1. The fraction of sp³-hybridized carbons (Fsp3) is 0.385. The van der Waals surface area contributed by atoms with Crippen LogP contribution >= 0.6 is 0 Å². The van der Waals surface area contributed by atoms with Crippen LogP contribution in [0.15, 0.2) is 12.1 Å². The topological polar surface area (TPSA) is 98.5 Å². The number of hydrogen-bond donors (Lipinski definition) is 1.